The van der Waals surface area contributed by atoms with E-state index in [-0.39, 0.29) is 17.9 Å². The Morgan fingerprint density at radius 3 is 2.54 bits per heavy atom. The zero-order chi connectivity index (χ0) is 20.5. The van der Waals surface area contributed by atoms with E-state index in [2.05, 4.69) is 10.6 Å². The van der Waals surface area contributed by atoms with Gasteiger partial charge in [0.15, 0.2) is 0 Å². The van der Waals surface area contributed by atoms with Gasteiger partial charge in [0.05, 0.1) is 23.6 Å². The Kier molecular flexibility index (Phi) is 4.34. The van der Waals surface area contributed by atoms with Crippen LogP contribution in [0.4, 0.5) is 5.69 Å². The average molecular weight is 406 g/mol. The van der Waals surface area contributed by atoms with Gasteiger partial charge in [0, 0.05) is 22.7 Å². The molecule has 3 heterocycles. The highest BCUT2D eigenvalue weighted by Gasteiger charge is 2.71. The van der Waals surface area contributed by atoms with Gasteiger partial charge < -0.3 is 10.4 Å². The van der Waals surface area contributed by atoms with Gasteiger partial charge in [-0.2, -0.15) is 0 Å². The number of hydrogen-bond donors (Lipinski definition) is 3. The molecule has 0 bridgehead atoms. The number of aliphatic hydroxyl groups is 1. The quantitative estimate of drug-likeness (QED) is 0.663. The number of nitrogens with one attached hydrogen (secondary N) is 2. The second-order valence-corrected chi connectivity index (χ2v) is 8.48. The molecule has 2 saturated heterocycles. The van der Waals surface area contributed by atoms with Crippen LogP contribution in [0.15, 0.2) is 12.1 Å². The van der Waals surface area contributed by atoms with Crippen LogP contribution in [0.3, 0.4) is 0 Å². The molecule has 0 aliphatic carbocycles. The molecular weight excluding hydrogens is 382 g/mol. The zero-order valence-electron chi connectivity index (χ0n) is 16.2. The van der Waals surface area contributed by atoms with Crippen LogP contribution in [0.1, 0.15) is 38.3 Å². The molecule has 6 atom stereocenters. The van der Waals surface area contributed by atoms with Crippen LogP contribution in [0.25, 0.3) is 0 Å². The Hall–Kier alpha value is -1.96. The van der Waals surface area contributed by atoms with E-state index in [1.165, 1.54) is 4.90 Å². The molecule has 3 amide bonds. The van der Waals surface area contributed by atoms with E-state index in [1.54, 1.807) is 26.0 Å². The van der Waals surface area contributed by atoms with Crippen molar-refractivity contribution in [2.24, 2.45) is 11.8 Å². The predicted octanol–water partition coefficient (Wildman–Crippen LogP) is 1.55. The van der Waals surface area contributed by atoms with Gasteiger partial charge in [-0.1, -0.05) is 24.6 Å². The van der Waals surface area contributed by atoms with Crippen molar-refractivity contribution in [3.63, 3.8) is 0 Å². The van der Waals surface area contributed by atoms with Gasteiger partial charge >= 0.3 is 0 Å². The van der Waals surface area contributed by atoms with Crippen LogP contribution in [0.2, 0.25) is 5.02 Å². The van der Waals surface area contributed by atoms with Gasteiger partial charge in [-0.15, -0.1) is 0 Å². The van der Waals surface area contributed by atoms with Crippen LogP contribution < -0.4 is 10.6 Å². The zero-order valence-corrected chi connectivity index (χ0v) is 17.0. The number of anilines is 1. The number of hydrogen-bond acceptors (Lipinski definition) is 5. The Balaban J connectivity index is 1.93. The number of carbonyl (C=O) groups excluding carboxylic acids is 3. The summed E-state index contributed by atoms with van der Waals surface area (Å²) in [6, 6.07) is 2.44. The van der Waals surface area contributed by atoms with Crippen LogP contribution in [0, 0.1) is 18.8 Å². The van der Waals surface area contributed by atoms with Gasteiger partial charge in [0.2, 0.25) is 17.7 Å². The van der Waals surface area contributed by atoms with Crippen molar-refractivity contribution >= 4 is 35.0 Å². The molecule has 0 aromatic heterocycles. The lowest BCUT2D eigenvalue weighted by Gasteiger charge is -2.31. The van der Waals surface area contributed by atoms with Crippen LogP contribution in [0.5, 0.6) is 0 Å². The fourth-order valence-electron chi connectivity index (χ4n) is 4.97. The number of rotatable bonds is 3. The minimum atomic E-state index is -1.40. The fraction of sp³-hybridized carbons (Fsp3) is 0.550. The first kappa shape index (κ1) is 19.4. The summed E-state index contributed by atoms with van der Waals surface area (Å²) in [4.78, 5) is 41.1. The maximum absolute atomic E-state index is 13.4. The summed E-state index contributed by atoms with van der Waals surface area (Å²) in [5.41, 5.74) is 0.479. The highest BCUT2D eigenvalue weighted by Crippen LogP contribution is 2.54. The van der Waals surface area contributed by atoms with E-state index in [1.807, 2.05) is 13.8 Å². The van der Waals surface area contributed by atoms with Crippen molar-refractivity contribution in [2.45, 2.75) is 57.8 Å². The number of fused-ring (bicyclic) bond motifs is 4. The standard InChI is InChI=1S/C20H24ClN3O4/c1-5-8(2)24-17(26)13-14(18(24)27)20(23-16(13)10(4)25)11-6-7-12(21)9(3)15(11)22-19(20)28/h6-8,10,13-14,16,23,25H,5H2,1-4H3,(H,22,28). The molecule has 1 aromatic rings. The van der Waals surface area contributed by atoms with Gasteiger partial charge in [0.25, 0.3) is 0 Å². The third-order valence-corrected chi connectivity index (χ3v) is 7.01. The van der Waals surface area contributed by atoms with Crippen molar-refractivity contribution in [1.29, 1.82) is 0 Å². The number of halogens is 1. The Bertz CT molecular complexity index is 902. The number of amides is 3. The highest BCUT2D eigenvalue weighted by molar-refractivity contribution is 6.32. The van der Waals surface area contributed by atoms with Crippen molar-refractivity contribution in [1.82, 2.24) is 10.2 Å². The minimum absolute atomic E-state index is 0.270. The lowest BCUT2D eigenvalue weighted by atomic mass is 9.76. The first-order chi connectivity index (χ1) is 13.2. The molecule has 8 heteroatoms. The molecule has 0 radical (unpaired) electrons. The maximum atomic E-state index is 13.4. The molecule has 4 rings (SSSR count). The Morgan fingerprint density at radius 1 is 1.25 bits per heavy atom. The van der Waals surface area contributed by atoms with Crippen LogP contribution >= 0.6 is 11.6 Å². The second-order valence-electron chi connectivity index (χ2n) is 8.08. The SMILES string of the molecule is CCC(C)N1C(=O)C2C(C(C)O)NC3(C(=O)Nc4c3ccc(Cl)c4C)C2C1=O. The number of imide groups is 1. The Labute approximate surface area is 168 Å². The molecule has 3 aliphatic rings. The monoisotopic (exact) mass is 405 g/mol. The normalized spacial score (nSPS) is 33.3. The van der Waals surface area contributed by atoms with Gasteiger partial charge in [-0.25, -0.2) is 0 Å². The second kappa shape index (κ2) is 6.27. The summed E-state index contributed by atoms with van der Waals surface area (Å²) in [5, 5.41) is 16.9. The summed E-state index contributed by atoms with van der Waals surface area (Å²) in [6.07, 6.45) is -0.292. The third-order valence-electron chi connectivity index (χ3n) is 6.60. The summed E-state index contributed by atoms with van der Waals surface area (Å²) >= 11 is 6.22. The number of likely N-dealkylation sites (tertiary alicyclic amines) is 1. The van der Waals surface area contributed by atoms with Gasteiger partial charge in [0.1, 0.15) is 5.54 Å². The minimum Gasteiger partial charge on any atom is -0.392 e. The largest absolute Gasteiger partial charge is 0.392 e. The van der Waals surface area contributed by atoms with E-state index < -0.39 is 35.4 Å². The van der Waals surface area contributed by atoms with Crippen LogP contribution in [-0.4, -0.2) is 45.9 Å². The van der Waals surface area contributed by atoms with Crippen molar-refractivity contribution in [3.8, 4) is 0 Å². The Morgan fingerprint density at radius 2 is 1.93 bits per heavy atom. The predicted molar refractivity (Wildman–Crippen MR) is 104 cm³/mol. The summed E-state index contributed by atoms with van der Waals surface area (Å²) < 4.78 is 0. The van der Waals surface area contributed by atoms with Gasteiger partial charge in [-0.05, 0) is 38.8 Å². The first-order valence-corrected chi connectivity index (χ1v) is 9.98. The van der Waals surface area contributed by atoms with E-state index in [0.29, 0.717) is 28.3 Å². The molecule has 6 unspecified atom stereocenters. The summed E-state index contributed by atoms with van der Waals surface area (Å²) in [7, 11) is 0. The molecule has 1 spiro atoms. The molecule has 28 heavy (non-hydrogen) atoms. The molecule has 7 nitrogen and oxygen atoms in total. The topological polar surface area (TPSA) is 98.7 Å². The summed E-state index contributed by atoms with van der Waals surface area (Å²) in [6.45, 7) is 7.09. The van der Waals surface area contributed by atoms with Crippen molar-refractivity contribution in [2.75, 3.05) is 5.32 Å². The van der Waals surface area contributed by atoms with Crippen molar-refractivity contribution in [3.05, 3.63) is 28.3 Å². The first-order valence-electron chi connectivity index (χ1n) is 9.60. The number of nitrogens with zero attached hydrogens (tertiary/aromatic N) is 1. The lowest BCUT2D eigenvalue weighted by Crippen LogP contribution is -2.55. The molecule has 150 valence electrons. The van der Waals surface area contributed by atoms with Crippen LogP contribution in [-0.2, 0) is 19.9 Å². The molecule has 1 aromatic carbocycles. The molecule has 0 saturated carbocycles. The smallest absolute Gasteiger partial charge is 0.250 e. The average Bonchev–Trinajstić information content (AvgIpc) is 3.24. The maximum Gasteiger partial charge on any atom is 0.250 e. The highest BCUT2D eigenvalue weighted by atomic mass is 35.5. The lowest BCUT2D eigenvalue weighted by molar-refractivity contribution is -0.145. The molecule has 3 N–H and O–H groups in total. The van der Waals surface area contributed by atoms with Crippen molar-refractivity contribution < 1.29 is 19.5 Å². The number of benzene rings is 1. The van der Waals surface area contributed by atoms with E-state index in [4.69, 9.17) is 11.6 Å². The third kappa shape index (κ3) is 2.21. The molecule has 2 fully saturated rings. The van der Waals surface area contributed by atoms with E-state index in [9.17, 15) is 19.5 Å². The summed E-state index contributed by atoms with van der Waals surface area (Å²) in [5.74, 6) is -2.79. The van der Waals surface area contributed by atoms with E-state index >= 15 is 0 Å². The van der Waals surface area contributed by atoms with Gasteiger partial charge in [-0.3, -0.25) is 24.6 Å². The molecule has 3 aliphatic heterocycles. The van der Waals surface area contributed by atoms with E-state index in [0.717, 1.165) is 0 Å². The number of carbonyl (C=O) groups is 3. The fourth-order valence-corrected chi connectivity index (χ4v) is 5.13. The number of aliphatic hydroxyl groups excluding tert-OH is 1. The molecular formula is C20H24ClN3O4.